The lowest BCUT2D eigenvalue weighted by Crippen LogP contribution is -2.36. The molecule has 0 saturated carbocycles. The molecular weight excluding hydrogens is 401 g/mol. The molecule has 3 rings (SSSR count). The molecule has 0 spiro atoms. The number of nitrogens with zero attached hydrogens (tertiary/aromatic N) is 4. The molecule has 0 aliphatic rings. The molecule has 0 aliphatic heterocycles. The molecule has 0 amide bonds. The Morgan fingerprint density at radius 3 is 2.66 bits per heavy atom. The van der Waals surface area contributed by atoms with Crippen LogP contribution in [0.15, 0.2) is 53.1 Å². The number of benzene rings is 1. The summed E-state index contributed by atoms with van der Waals surface area (Å²) in [7, 11) is 0. The Morgan fingerprint density at radius 2 is 1.97 bits per heavy atom. The fourth-order valence-electron chi connectivity index (χ4n) is 2.54. The van der Waals surface area contributed by atoms with Crippen molar-refractivity contribution < 1.29 is 13.2 Å². The van der Waals surface area contributed by atoms with Gasteiger partial charge in [-0.1, -0.05) is 30.3 Å². The summed E-state index contributed by atoms with van der Waals surface area (Å²) in [5.41, 5.74) is 1.22. The molecular formula is C19H21F3N6S. The lowest BCUT2D eigenvalue weighted by Gasteiger charge is -2.09. The van der Waals surface area contributed by atoms with Gasteiger partial charge in [0.05, 0.1) is 25.8 Å². The average molecular weight is 422 g/mol. The smallest absolute Gasteiger partial charge is 0.357 e. The van der Waals surface area contributed by atoms with Crippen LogP contribution in [0, 0.1) is 0 Å². The molecule has 0 unspecified atom stereocenters. The van der Waals surface area contributed by atoms with Crippen molar-refractivity contribution in [2.24, 2.45) is 4.99 Å². The number of alkyl halides is 3. The predicted molar refractivity (Wildman–Crippen MR) is 107 cm³/mol. The van der Waals surface area contributed by atoms with Crippen molar-refractivity contribution in [3.05, 3.63) is 69.9 Å². The third-order valence-electron chi connectivity index (χ3n) is 3.89. The Bertz CT molecular complexity index is 933. The van der Waals surface area contributed by atoms with E-state index in [1.54, 1.807) is 6.20 Å². The molecule has 1 aromatic carbocycles. The number of nitrogens with one attached hydrogen (secondary N) is 2. The highest BCUT2D eigenvalue weighted by Gasteiger charge is 2.33. The van der Waals surface area contributed by atoms with Crippen LogP contribution >= 0.6 is 11.3 Å². The second-order valence-electron chi connectivity index (χ2n) is 6.20. The molecule has 154 valence electrons. The first-order valence-electron chi connectivity index (χ1n) is 9.03. The molecule has 2 aromatic heterocycles. The quantitative estimate of drug-likeness (QED) is 0.451. The minimum absolute atomic E-state index is 0.167. The van der Waals surface area contributed by atoms with Crippen LogP contribution < -0.4 is 10.6 Å². The zero-order chi connectivity index (χ0) is 20.7. The third kappa shape index (κ3) is 6.31. The molecule has 0 bridgehead atoms. The maximum atomic E-state index is 12.6. The van der Waals surface area contributed by atoms with Crippen LogP contribution in [-0.4, -0.2) is 27.3 Å². The van der Waals surface area contributed by atoms with Crippen LogP contribution in [0.25, 0.3) is 0 Å². The largest absolute Gasteiger partial charge is 0.434 e. The summed E-state index contributed by atoms with van der Waals surface area (Å²) in [5.74, 6) is 0.507. The zero-order valence-corrected chi connectivity index (χ0v) is 16.6. The molecule has 29 heavy (non-hydrogen) atoms. The first-order valence-corrected chi connectivity index (χ1v) is 9.91. The molecule has 0 saturated heterocycles. The van der Waals surface area contributed by atoms with Crippen molar-refractivity contribution in [3.63, 3.8) is 0 Å². The Hall–Kier alpha value is -2.88. The van der Waals surface area contributed by atoms with Gasteiger partial charge in [0.15, 0.2) is 11.7 Å². The Labute approximate surface area is 170 Å². The summed E-state index contributed by atoms with van der Waals surface area (Å²) in [6, 6.07) is 10.0. The molecule has 10 heteroatoms. The van der Waals surface area contributed by atoms with E-state index >= 15 is 0 Å². The van der Waals surface area contributed by atoms with Crippen LogP contribution in [0.2, 0.25) is 0 Å². The zero-order valence-electron chi connectivity index (χ0n) is 15.8. The molecule has 0 aliphatic carbocycles. The van der Waals surface area contributed by atoms with Gasteiger partial charge in [-0.2, -0.15) is 18.3 Å². The first-order chi connectivity index (χ1) is 13.9. The van der Waals surface area contributed by atoms with Gasteiger partial charge >= 0.3 is 6.18 Å². The summed E-state index contributed by atoms with van der Waals surface area (Å²) < 4.78 is 39.8. The summed E-state index contributed by atoms with van der Waals surface area (Å²) >= 11 is 0.965. The number of hydrogen-bond donors (Lipinski definition) is 2. The van der Waals surface area contributed by atoms with E-state index in [4.69, 9.17) is 0 Å². The number of aromatic nitrogens is 3. The van der Waals surface area contributed by atoms with Gasteiger partial charge in [-0.25, -0.2) is 9.98 Å². The van der Waals surface area contributed by atoms with E-state index in [0.717, 1.165) is 27.8 Å². The number of thiazole rings is 1. The first kappa shape index (κ1) is 20.8. The molecule has 0 radical (unpaired) electrons. The van der Waals surface area contributed by atoms with Gasteiger partial charge in [0, 0.05) is 23.7 Å². The van der Waals surface area contributed by atoms with Crippen molar-refractivity contribution in [2.75, 3.05) is 6.54 Å². The Morgan fingerprint density at radius 1 is 1.17 bits per heavy atom. The van der Waals surface area contributed by atoms with Gasteiger partial charge in [0.25, 0.3) is 0 Å². The van der Waals surface area contributed by atoms with Crippen molar-refractivity contribution in [1.29, 1.82) is 0 Å². The maximum Gasteiger partial charge on any atom is 0.434 e. The number of halogens is 3. The maximum absolute atomic E-state index is 12.6. The number of hydrogen-bond acceptors (Lipinski definition) is 4. The fraction of sp³-hybridized carbons (Fsp3) is 0.316. The van der Waals surface area contributed by atoms with E-state index in [-0.39, 0.29) is 6.54 Å². The van der Waals surface area contributed by atoms with E-state index in [0.29, 0.717) is 30.6 Å². The van der Waals surface area contributed by atoms with Crippen LogP contribution in [0.3, 0.4) is 0 Å². The van der Waals surface area contributed by atoms with Crippen LogP contribution in [-0.2, 0) is 25.8 Å². The molecule has 3 aromatic rings. The van der Waals surface area contributed by atoms with E-state index in [1.165, 1.54) is 0 Å². The van der Waals surface area contributed by atoms with Gasteiger partial charge in [-0.15, -0.1) is 11.3 Å². The molecule has 6 nitrogen and oxygen atoms in total. The van der Waals surface area contributed by atoms with Gasteiger partial charge < -0.3 is 10.6 Å². The molecule has 2 N–H and O–H groups in total. The van der Waals surface area contributed by atoms with Crippen LogP contribution in [0.5, 0.6) is 0 Å². The van der Waals surface area contributed by atoms with Gasteiger partial charge in [-0.3, -0.25) is 4.68 Å². The fourth-order valence-corrected chi connectivity index (χ4v) is 3.28. The molecule has 2 heterocycles. The number of guanidine groups is 1. The monoisotopic (exact) mass is 422 g/mol. The van der Waals surface area contributed by atoms with E-state index < -0.39 is 11.9 Å². The highest BCUT2D eigenvalue weighted by Crippen LogP contribution is 2.29. The highest BCUT2D eigenvalue weighted by atomic mass is 32.1. The van der Waals surface area contributed by atoms with E-state index in [9.17, 15) is 13.2 Å². The third-order valence-corrected chi connectivity index (χ3v) is 4.74. The van der Waals surface area contributed by atoms with E-state index in [2.05, 4.69) is 25.7 Å². The summed E-state index contributed by atoms with van der Waals surface area (Å²) in [6.07, 6.45) is -0.740. The van der Waals surface area contributed by atoms with Gasteiger partial charge in [0.1, 0.15) is 5.01 Å². The van der Waals surface area contributed by atoms with E-state index in [1.807, 2.05) is 48.1 Å². The Kier molecular flexibility index (Phi) is 6.86. The normalized spacial score (nSPS) is 12.2. The SMILES string of the molecule is CCNC(=NCc1cnn(Cc2ccccc2)c1)NCc1nc(C(F)(F)F)cs1. The Balaban J connectivity index is 1.57. The van der Waals surface area contributed by atoms with Crippen molar-refractivity contribution in [3.8, 4) is 0 Å². The number of rotatable bonds is 7. The van der Waals surface area contributed by atoms with Gasteiger partial charge in [0.2, 0.25) is 0 Å². The summed E-state index contributed by atoms with van der Waals surface area (Å²) in [6.45, 7) is 3.79. The van der Waals surface area contributed by atoms with Crippen molar-refractivity contribution >= 4 is 17.3 Å². The number of aliphatic imine (C=N–C) groups is 1. The van der Waals surface area contributed by atoms with Gasteiger partial charge in [-0.05, 0) is 12.5 Å². The topological polar surface area (TPSA) is 67.1 Å². The summed E-state index contributed by atoms with van der Waals surface area (Å²) in [5, 5.41) is 11.8. The highest BCUT2D eigenvalue weighted by molar-refractivity contribution is 7.09. The standard InChI is InChI=1S/C19H21F3N6S/c1-2-23-18(25-10-17-27-16(13-29-17)19(20,21)22)24-8-15-9-26-28(12-15)11-14-6-4-3-5-7-14/h3-7,9,12-13H,2,8,10-11H2,1H3,(H2,23,24,25). The minimum atomic E-state index is -4.42. The second kappa shape index (κ2) is 9.55. The minimum Gasteiger partial charge on any atom is -0.357 e. The second-order valence-corrected chi connectivity index (χ2v) is 7.15. The van der Waals surface area contributed by atoms with Crippen LogP contribution in [0.4, 0.5) is 13.2 Å². The average Bonchev–Trinajstić information content (AvgIpc) is 3.34. The molecule has 0 fully saturated rings. The van der Waals surface area contributed by atoms with Crippen LogP contribution in [0.1, 0.15) is 28.8 Å². The molecule has 0 atom stereocenters. The predicted octanol–water partition coefficient (Wildman–Crippen LogP) is 3.66. The summed E-state index contributed by atoms with van der Waals surface area (Å²) in [4.78, 5) is 8.08. The van der Waals surface area contributed by atoms with Crippen molar-refractivity contribution in [1.82, 2.24) is 25.4 Å². The lowest BCUT2D eigenvalue weighted by molar-refractivity contribution is -0.140. The lowest BCUT2D eigenvalue weighted by atomic mass is 10.2. The van der Waals surface area contributed by atoms with Crippen molar-refractivity contribution in [2.45, 2.75) is 32.7 Å².